The van der Waals surface area contributed by atoms with Gasteiger partial charge in [0.25, 0.3) is 0 Å². The van der Waals surface area contributed by atoms with Crippen molar-refractivity contribution < 1.29 is 24.3 Å². The molecule has 3 N–H and O–H groups in total. The van der Waals surface area contributed by atoms with Gasteiger partial charge in [-0.15, -0.1) is 0 Å². The van der Waals surface area contributed by atoms with Crippen molar-refractivity contribution in [2.75, 3.05) is 17.7 Å². The van der Waals surface area contributed by atoms with E-state index in [1.54, 1.807) is 26.0 Å². The summed E-state index contributed by atoms with van der Waals surface area (Å²) >= 11 is 7.71. The smallest absolute Gasteiger partial charge is 0.412 e. The van der Waals surface area contributed by atoms with Gasteiger partial charge >= 0.3 is 6.09 Å². The van der Waals surface area contributed by atoms with E-state index in [2.05, 4.69) is 10.5 Å². The molecule has 2 unspecified atom stereocenters. The number of nitrogens with one attached hydrogen (secondary N) is 1. The number of rotatable bonds is 9. The molecule has 0 saturated carbocycles. The summed E-state index contributed by atoms with van der Waals surface area (Å²) in [6.07, 6.45) is -1.89. The SMILES string of the molecule is Cc1noc(-c2ccc(CSCC(O)CO)cc2)c1NC(=O)OC(C)c1ccccc1Cl. The van der Waals surface area contributed by atoms with Gasteiger partial charge in [0.2, 0.25) is 0 Å². The minimum atomic E-state index is -0.717. The second kappa shape index (κ2) is 11.4. The summed E-state index contributed by atoms with van der Waals surface area (Å²) in [5.41, 5.74) is 3.49. The predicted octanol–water partition coefficient (Wildman–Crippen LogP) is 5.20. The summed E-state index contributed by atoms with van der Waals surface area (Å²) in [7, 11) is 0. The van der Waals surface area contributed by atoms with E-state index in [1.165, 1.54) is 11.8 Å². The molecular weight excluding hydrogens is 452 g/mol. The molecule has 0 aliphatic rings. The second-order valence-electron chi connectivity index (χ2n) is 7.21. The predicted molar refractivity (Wildman–Crippen MR) is 126 cm³/mol. The molecule has 7 nitrogen and oxygen atoms in total. The van der Waals surface area contributed by atoms with E-state index in [0.29, 0.717) is 39.2 Å². The number of carbonyl (C=O) groups is 1. The van der Waals surface area contributed by atoms with Crippen molar-refractivity contribution in [3.8, 4) is 11.3 Å². The molecule has 0 bridgehead atoms. The van der Waals surface area contributed by atoms with Crippen LogP contribution >= 0.6 is 23.4 Å². The molecule has 9 heteroatoms. The number of benzene rings is 2. The highest BCUT2D eigenvalue weighted by molar-refractivity contribution is 7.98. The number of nitrogens with zero attached hydrogens (tertiary/aromatic N) is 1. The van der Waals surface area contributed by atoms with Crippen molar-refractivity contribution >= 4 is 35.1 Å². The molecule has 0 aliphatic heterocycles. The minimum absolute atomic E-state index is 0.244. The number of anilines is 1. The Balaban J connectivity index is 1.66. The maximum absolute atomic E-state index is 12.5. The van der Waals surface area contributed by atoms with Crippen molar-refractivity contribution in [1.82, 2.24) is 5.16 Å². The number of halogens is 1. The Hall–Kier alpha value is -2.52. The number of hydrogen-bond acceptors (Lipinski definition) is 7. The Morgan fingerprint density at radius 1 is 1.25 bits per heavy atom. The van der Waals surface area contributed by atoms with Gasteiger partial charge in [-0.3, -0.25) is 5.32 Å². The van der Waals surface area contributed by atoms with Crippen molar-refractivity contribution in [1.29, 1.82) is 0 Å². The van der Waals surface area contributed by atoms with Crippen LogP contribution in [0, 0.1) is 6.92 Å². The van der Waals surface area contributed by atoms with Gasteiger partial charge in [0.1, 0.15) is 17.5 Å². The lowest BCUT2D eigenvalue weighted by Crippen LogP contribution is -2.17. The highest BCUT2D eigenvalue weighted by Crippen LogP contribution is 2.32. The first kappa shape index (κ1) is 24.1. The fourth-order valence-corrected chi connectivity index (χ4v) is 4.21. The van der Waals surface area contributed by atoms with Crippen LogP contribution in [0.5, 0.6) is 0 Å². The van der Waals surface area contributed by atoms with Crippen molar-refractivity contribution in [2.45, 2.75) is 31.8 Å². The standard InChI is InChI=1S/C23H25ClN2O5S/c1-14-21(25-23(29)30-15(2)19-5-3-4-6-20(19)24)22(31-26-14)17-9-7-16(8-10-17)12-32-13-18(28)11-27/h3-10,15,18,27-28H,11-13H2,1-2H3,(H,25,29). The molecule has 2 atom stereocenters. The number of aryl methyl sites for hydroxylation is 1. The van der Waals surface area contributed by atoms with Crippen LogP contribution in [0.1, 0.15) is 29.8 Å². The monoisotopic (exact) mass is 476 g/mol. The molecule has 0 fully saturated rings. The van der Waals surface area contributed by atoms with Gasteiger partial charge in [0.15, 0.2) is 5.76 Å². The number of ether oxygens (including phenoxy) is 1. The van der Waals surface area contributed by atoms with Crippen molar-refractivity contribution in [2.24, 2.45) is 0 Å². The summed E-state index contributed by atoms with van der Waals surface area (Å²) < 4.78 is 10.9. The first-order valence-electron chi connectivity index (χ1n) is 10.0. The lowest BCUT2D eigenvalue weighted by atomic mass is 10.1. The van der Waals surface area contributed by atoms with Gasteiger partial charge in [0, 0.05) is 27.7 Å². The van der Waals surface area contributed by atoms with Crippen LogP contribution in [0.2, 0.25) is 5.02 Å². The molecule has 0 saturated heterocycles. The molecule has 170 valence electrons. The highest BCUT2D eigenvalue weighted by Gasteiger charge is 2.20. The molecular formula is C23H25ClN2O5S. The lowest BCUT2D eigenvalue weighted by molar-refractivity contribution is 0.113. The van der Waals surface area contributed by atoms with Gasteiger partial charge in [-0.2, -0.15) is 11.8 Å². The number of aromatic nitrogens is 1. The van der Waals surface area contributed by atoms with Gasteiger partial charge in [-0.25, -0.2) is 4.79 Å². The summed E-state index contributed by atoms with van der Waals surface area (Å²) in [6, 6.07) is 14.8. The van der Waals surface area contributed by atoms with E-state index in [0.717, 1.165) is 11.1 Å². The molecule has 2 aromatic carbocycles. The second-order valence-corrected chi connectivity index (χ2v) is 8.65. The minimum Gasteiger partial charge on any atom is -0.441 e. The number of hydrogen-bond donors (Lipinski definition) is 3. The Kier molecular flexibility index (Phi) is 8.58. The molecule has 32 heavy (non-hydrogen) atoms. The molecule has 0 radical (unpaired) electrons. The fourth-order valence-electron chi connectivity index (χ4n) is 2.99. The van der Waals surface area contributed by atoms with E-state index in [1.807, 2.05) is 36.4 Å². The zero-order valence-corrected chi connectivity index (χ0v) is 19.3. The normalized spacial score (nSPS) is 12.9. The zero-order valence-electron chi connectivity index (χ0n) is 17.7. The zero-order chi connectivity index (χ0) is 23.1. The first-order chi connectivity index (χ1) is 15.4. The molecule has 3 aromatic rings. The summed E-state index contributed by atoms with van der Waals surface area (Å²) in [5, 5.41) is 25.5. The molecule has 0 spiro atoms. The van der Waals surface area contributed by atoms with Gasteiger partial charge in [-0.05, 0) is 25.5 Å². The Bertz CT molecular complexity index is 1040. The molecule has 1 amide bonds. The van der Waals surface area contributed by atoms with E-state index in [-0.39, 0.29) is 6.61 Å². The van der Waals surface area contributed by atoms with Crippen LogP contribution in [0.4, 0.5) is 10.5 Å². The Morgan fingerprint density at radius 3 is 2.66 bits per heavy atom. The van der Waals surface area contributed by atoms with Gasteiger partial charge in [0.05, 0.1) is 12.7 Å². The molecule has 3 rings (SSSR count). The van der Waals surface area contributed by atoms with Gasteiger partial charge in [-0.1, -0.05) is 59.2 Å². The third-order valence-electron chi connectivity index (χ3n) is 4.72. The van der Waals surface area contributed by atoms with E-state index < -0.39 is 18.3 Å². The summed E-state index contributed by atoms with van der Waals surface area (Å²) in [6.45, 7) is 3.24. The largest absolute Gasteiger partial charge is 0.441 e. The molecule has 1 heterocycles. The third-order valence-corrected chi connectivity index (χ3v) is 6.22. The van der Waals surface area contributed by atoms with Crippen LogP contribution in [0.25, 0.3) is 11.3 Å². The van der Waals surface area contributed by atoms with Crippen LogP contribution in [0.15, 0.2) is 53.1 Å². The van der Waals surface area contributed by atoms with E-state index in [9.17, 15) is 9.90 Å². The average molecular weight is 477 g/mol. The summed E-state index contributed by atoms with van der Waals surface area (Å²) in [4.78, 5) is 12.5. The maximum atomic E-state index is 12.5. The topological polar surface area (TPSA) is 105 Å². The van der Waals surface area contributed by atoms with Crippen LogP contribution in [0.3, 0.4) is 0 Å². The third kappa shape index (κ3) is 6.26. The Labute approximate surface area is 195 Å². The van der Waals surface area contributed by atoms with Gasteiger partial charge < -0.3 is 19.5 Å². The quantitative estimate of drug-likeness (QED) is 0.389. The molecule has 0 aliphatic carbocycles. The van der Waals surface area contributed by atoms with Crippen LogP contribution in [-0.4, -0.2) is 39.9 Å². The number of thioether (sulfide) groups is 1. The molecule has 1 aromatic heterocycles. The van der Waals surface area contributed by atoms with E-state index in [4.69, 9.17) is 26.0 Å². The first-order valence-corrected chi connectivity index (χ1v) is 11.6. The maximum Gasteiger partial charge on any atom is 0.412 e. The van der Waals surface area contributed by atoms with Crippen molar-refractivity contribution in [3.05, 3.63) is 70.4 Å². The van der Waals surface area contributed by atoms with E-state index >= 15 is 0 Å². The fraction of sp³-hybridized carbons (Fsp3) is 0.304. The Morgan fingerprint density at radius 2 is 1.97 bits per heavy atom. The number of amides is 1. The lowest BCUT2D eigenvalue weighted by Gasteiger charge is -2.15. The van der Waals surface area contributed by atoms with Crippen LogP contribution < -0.4 is 5.32 Å². The van der Waals surface area contributed by atoms with Crippen LogP contribution in [-0.2, 0) is 10.5 Å². The number of aliphatic hydroxyl groups excluding tert-OH is 2. The van der Waals surface area contributed by atoms with Crippen molar-refractivity contribution in [3.63, 3.8) is 0 Å². The number of carbonyl (C=O) groups excluding carboxylic acids is 1. The highest BCUT2D eigenvalue weighted by atomic mass is 35.5. The number of aliphatic hydroxyl groups is 2. The summed E-state index contributed by atoms with van der Waals surface area (Å²) in [5.74, 6) is 1.59. The average Bonchev–Trinajstić information content (AvgIpc) is 3.14.